The molecule has 0 fully saturated rings. The van der Waals surface area contributed by atoms with Crippen LogP contribution in [0.4, 0.5) is 0 Å². The van der Waals surface area contributed by atoms with Gasteiger partial charge in [0.1, 0.15) is 5.75 Å². The summed E-state index contributed by atoms with van der Waals surface area (Å²) in [5.41, 5.74) is 3.48. The van der Waals surface area contributed by atoms with Crippen LogP contribution in [0, 0.1) is 6.92 Å². The molecule has 1 aromatic heterocycles. The van der Waals surface area contributed by atoms with Gasteiger partial charge in [0.2, 0.25) is 0 Å². The minimum atomic E-state index is 0.0939. The van der Waals surface area contributed by atoms with E-state index in [-0.39, 0.29) is 6.04 Å². The monoisotopic (exact) mass is 259 g/mol. The van der Waals surface area contributed by atoms with E-state index in [1.165, 1.54) is 5.56 Å². The predicted molar refractivity (Wildman–Crippen MR) is 76.5 cm³/mol. The van der Waals surface area contributed by atoms with Gasteiger partial charge in [0.05, 0.1) is 18.8 Å². The third kappa shape index (κ3) is 2.63. The van der Waals surface area contributed by atoms with Crippen LogP contribution in [0.2, 0.25) is 0 Å². The van der Waals surface area contributed by atoms with Crippen molar-refractivity contribution in [2.75, 3.05) is 13.7 Å². The van der Waals surface area contributed by atoms with E-state index in [1.807, 2.05) is 50.1 Å². The van der Waals surface area contributed by atoms with Gasteiger partial charge in [-0.25, -0.2) is 0 Å². The van der Waals surface area contributed by atoms with Crippen molar-refractivity contribution in [3.05, 3.63) is 47.3 Å². The summed E-state index contributed by atoms with van der Waals surface area (Å²) in [6, 6.07) is 8.23. The van der Waals surface area contributed by atoms with Crippen LogP contribution in [0.3, 0.4) is 0 Å². The lowest BCUT2D eigenvalue weighted by Crippen LogP contribution is -2.19. The van der Waals surface area contributed by atoms with Crippen LogP contribution in [0.5, 0.6) is 5.75 Å². The van der Waals surface area contributed by atoms with Gasteiger partial charge in [-0.3, -0.25) is 4.68 Å². The highest BCUT2D eigenvalue weighted by molar-refractivity contribution is 5.42. The van der Waals surface area contributed by atoms with Crippen LogP contribution in [0.25, 0.3) is 0 Å². The number of rotatable bonds is 5. The lowest BCUT2D eigenvalue weighted by molar-refractivity contribution is 0.334. The fraction of sp³-hybridized carbons (Fsp3) is 0.400. The Morgan fingerprint density at radius 3 is 2.63 bits per heavy atom. The van der Waals surface area contributed by atoms with Crippen molar-refractivity contribution >= 4 is 0 Å². The van der Waals surface area contributed by atoms with Gasteiger partial charge in [-0.2, -0.15) is 5.10 Å². The SMILES string of the molecule is CCOc1ccccc1C(NC)c1cnn(C)c1C. The Labute approximate surface area is 114 Å². The van der Waals surface area contributed by atoms with E-state index in [9.17, 15) is 0 Å². The summed E-state index contributed by atoms with van der Waals surface area (Å²) in [5.74, 6) is 0.924. The highest BCUT2D eigenvalue weighted by Crippen LogP contribution is 2.31. The fourth-order valence-corrected chi connectivity index (χ4v) is 2.28. The van der Waals surface area contributed by atoms with Gasteiger partial charge in [-0.15, -0.1) is 0 Å². The summed E-state index contributed by atoms with van der Waals surface area (Å²) in [6.07, 6.45) is 1.92. The van der Waals surface area contributed by atoms with Gasteiger partial charge in [0.15, 0.2) is 0 Å². The summed E-state index contributed by atoms with van der Waals surface area (Å²) < 4.78 is 7.61. The van der Waals surface area contributed by atoms with Crippen molar-refractivity contribution in [2.45, 2.75) is 19.9 Å². The Balaban J connectivity index is 2.45. The van der Waals surface area contributed by atoms with E-state index >= 15 is 0 Å². The first-order valence-electron chi connectivity index (χ1n) is 6.56. The molecule has 0 bridgehead atoms. The summed E-state index contributed by atoms with van der Waals surface area (Å²) >= 11 is 0. The zero-order chi connectivity index (χ0) is 13.8. The molecule has 2 aromatic rings. The molecule has 0 amide bonds. The van der Waals surface area contributed by atoms with Crippen LogP contribution in [-0.4, -0.2) is 23.4 Å². The second kappa shape index (κ2) is 5.89. The largest absolute Gasteiger partial charge is 0.494 e. The molecule has 102 valence electrons. The molecule has 4 heteroatoms. The second-order valence-corrected chi connectivity index (χ2v) is 4.50. The van der Waals surface area contributed by atoms with Crippen LogP contribution >= 0.6 is 0 Å². The normalized spacial score (nSPS) is 12.4. The Bertz CT molecular complexity index is 548. The van der Waals surface area contributed by atoms with Crippen LogP contribution in [-0.2, 0) is 7.05 Å². The molecule has 1 N–H and O–H groups in total. The van der Waals surface area contributed by atoms with Crippen LogP contribution < -0.4 is 10.1 Å². The third-order valence-corrected chi connectivity index (χ3v) is 3.40. The maximum absolute atomic E-state index is 5.72. The lowest BCUT2D eigenvalue weighted by atomic mass is 9.98. The average Bonchev–Trinajstić information content (AvgIpc) is 2.74. The zero-order valence-electron chi connectivity index (χ0n) is 12.0. The van der Waals surface area contributed by atoms with E-state index < -0.39 is 0 Å². The maximum atomic E-state index is 5.72. The zero-order valence-corrected chi connectivity index (χ0v) is 12.0. The molecule has 1 heterocycles. The first kappa shape index (κ1) is 13.6. The Kier molecular flexibility index (Phi) is 4.22. The standard InChI is InChI=1S/C15H21N3O/c1-5-19-14-9-7-6-8-12(14)15(16-3)13-10-17-18(4)11(13)2/h6-10,15-16H,5H2,1-4H3. The summed E-state index contributed by atoms with van der Waals surface area (Å²) in [7, 11) is 3.92. The van der Waals surface area contributed by atoms with Gasteiger partial charge >= 0.3 is 0 Å². The lowest BCUT2D eigenvalue weighted by Gasteiger charge is -2.19. The van der Waals surface area contributed by atoms with E-state index in [2.05, 4.69) is 23.4 Å². The van der Waals surface area contributed by atoms with Gasteiger partial charge in [-0.1, -0.05) is 18.2 Å². The number of aryl methyl sites for hydroxylation is 1. The number of benzene rings is 1. The first-order valence-corrected chi connectivity index (χ1v) is 6.56. The first-order chi connectivity index (χ1) is 9.19. The molecule has 0 aliphatic carbocycles. The van der Waals surface area contributed by atoms with E-state index in [0.717, 1.165) is 17.0 Å². The van der Waals surface area contributed by atoms with Gasteiger partial charge in [0, 0.05) is 23.9 Å². The molecule has 0 aliphatic heterocycles. The van der Waals surface area contributed by atoms with Crippen molar-refractivity contribution in [3.63, 3.8) is 0 Å². The highest BCUT2D eigenvalue weighted by atomic mass is 16.5. The van der Waals surface area contributed by atoms with Crippen molar-refractivity contribution in [3.8, 4) is 5.75 Å². The van der Waals surface area contributed by atoms with Gasteiger partial charge in [0.25, 0.3) is 0 Å². The Hall–Kier alpha value is -1.81. The summed E-state index contributed by atoms with van der Waals surface area (Å²) in [5, 5.41) is 7.68. The molecule has 1 unspecified atom stereocenters. The number of aromatic nitrogens is 2. The predicted octanol–water partition coefficient (Wildman–Crippen LogP) is 2.44. The molecule has 1 atom stereocenters. The summed E-state index contributed by atoms with van der Waals surface area (Å²) in [4.78, 5) is 0. The fourth-order valence-electron chi connectivity index (χ4n) is 2.28. The molecule has 0 spiro atoms. The smallest absolute Gasteiger partial charge is 0.124 e. The van der Waals surface area contributed by atoms with Crippen molar-refractivity contribution in [2.24, 2.45) is 7.05 Å². The second-order valence-electron chi connectivity index (χ2n) is 4.50. The molecule has 4 nitrogen and oxygen atoms in total. The number of para-hydroxylation sites is 1. The van der Waals surface area contributed by atoms with Crippen molar-refractivity contribution in [1.82, 2.24) is 15.1 Å². The van der Waals surface area contributed by atoms with E-state index in [0.29, 0.717) is 6.61 Å². The minimum absolute atomic E-state index is 0.0939. The number of hydrogen-bond donors (Lipinski definition) is 1. The van der Waals surface area contributed by atoms with E-state index in [1.54, 1.807) is 0 Å². The average molecular weight is 259 g/mol. The Morgan fingerprint density at radius 1 is 1.32 bits per heavy atom. The van der Waals surface area contributed by atoms with Crippen molar-refractivity contribution in [1.29, 1.82) is 0 Å². The Morgan fingerprint density at radius 2 is 2.05 bits per heavy atom. The molecular formula is C15H21N3O. The van der Waals surface area contributed by atoms with Gasteiger partial charge in [-0.05, 0) is 27.0 Å². The molecule has 0 saturated heterocycles. The number of nitrogens with zero attached hydrogens (tertiary/aromatic N) is 2. The quantitative estimate of drug-likeness (QED) is 0.896. The van der Waals surface area contributed by atoms with Crippen LogP contribution in [0.1, 0.15) is 29.8 Å². The molecule has 0 radical (unpaired) electrons. The molecule has 2 rings (SSSR count). The molecule has 0 aliphatic rings. The number of ether oxygens (including phenoxy) is 1. The topological polar surface area (TPSA) is 39.1 Å². The third-order valence-electron chi connectivity index (χ3n) is 3.40. The summed E-state index contributed by atoms with van der Waals surface area (Å²) in [6.45, 7) is 4.75. The maximum Gasteiger partial charge on any atom is 0.124 e. The molecule has 19 heavy (non-hydrogen) atoms. The van der Waals surface area contributed by atoms with E-state index in [4.69, 9.17) is 4.74 Å². The van der Waals surface area contributed by atoms with Crippen LogP contribution in [0.15, 0.2) is 30.5 Å². The molecule has 1 aromatic carbocycles. The number of hydrogen-bond acceptors (Lipinski definition) is 3. The van der Waals surface area contributed by atoms with Crippen molar-refractivity contribution < 1.29 is 4.74 Å². The number of nitrogens with one attached hydrogen (secondary N) is 1. The molecule has 0 saturated carbocycles. The minimum Gasteiger partial charge on any atom is -0.494 e. The molecular weight excluding hydrogens is 238 g/mol. The highest BCUT2D eigenvalue weighted by Gasteiger charge is 2.20. The van der Waals surface area contributed by atoms with Gasteiger partial charge < -0.3 is 10.1 Å².